The molecule has 4 rings (SSSR count). The highest BCUT2D eigenvalue weighted by Gasteiger charge is 2.41. The van der Waals surface area contributed by atoms with E-state index in [4.69, 9.17) is 0 Å². The zero-order valence-corrected chi connectivity index (χ0v) is 15.5. The largest absolute Gasteiger partial charge is 0.320 e. The molecule has 0 radical (unpaired) electrons. The lowest BCUT2D eigenvalue weighted by Crippen LogP contribution is -2.32. The molecule has 0 spiro atoms. The third kappa shape index (κ3) is 2.71. The van der Waals surface area contributed by atoms with Gasteiger partial charge in [0.15, 0.2) is 0 Å². The minimum absolute atomic E-state index is 0.571. The van der Waals surface area contributed by atoms with Gasteiger partial charge >= 0.3 is 0 Å². The molecule has 6 heteroatoms. The summed E-state index contributed by atoms with van der Waals surface area (Å²) in [6.45, 7) is 1.39. The van der Waals surface area contributed by atoms with Crippen LogP contribution in [0.2, 0.25) is 0 Å². The molecular weight excluding hydrogens is 346 g/mol. The quantitative estimate of drug-likeness (QED) is 0.553. The first-order valence-corrected chi connectivity index (χ1v) is 10.2. The normalized spacial score (nSPS) is 16.7. The van der Waals surface area contributed by atoms with E-state index in [0.717, 1.165) is 40.8 Å². The van der Waals surface area contributed by atoms with Crippen molar-refractivity contribution in [1.82, 2.24) is 5.32 Å². The Morgan fingerprint density at radius 2 is 1.50 bits per heavy atom. The van der Waals surface area contributed by atoms with Gasteiger partial charge in [-0.3, -0.25) is 13.4 Å². The highest BCUT2D eigenvalue weighted by molar-refractivity contribution is 8.27. The summed E-state index contributed by atoms with van der Waals surface area (Å²) in [4.78, 5) is 0. The van der Waals surface area contributed by atoms with Gasteiger partial charge < -0.3 is 5.32 Å². The molecule has 3 aromatic rings. The van der Waals surface area contributed by atoms with Gasteiger partial charge in [-0.1, -0.05) is 48.5 Å². The van der Waals surface area contributed by atoms with Crippen LogP contribution in [0.1, 0.15) is 6.42 Å². The molecule has 136 valence electrons. The summed E-state index contributed by atoms with van der Waals surface area (Å²) in [7, 11) is -1.27. The molecule has 3 N–H and O–H groups in total. The van der Waals surface area contributed by atoms with Crippen LogP contribution in [0.5, 0.6) is 0 Å². The van der Waals surface area contributed by atoms with Crippen molar-refractivity contribution in [3.05, 3.63) is 66.7 Å². The zero-order chi connectivity index (χ0) is 18.1. The van der Waals surface area contributed by atoms with E-state index in [1.54, 1.807) is 8.61 Å². The van der Waals surface area contributed by atoms with Crippen LogP contribution >= 0.6 is 11.0 Å². The Labute approximate surface area is 155 Å². The van der Waals surface area contributed by atoms with Crippen LogP contribution in [-0.2, 0) is 0 Å². The summed E-state index contributed by atoms with van der Waals surface area (Å²) in [6.07, 6.45) is 0.823. The van der Waals surface area contributed by atoms with Crippen molar-refractivity contribution in [3.63, 3.8) is 0 Å². The Hall–Kier alpha value is -2.25. The van der Waals surface area contributed by atoms with Gasteiger partial charge in [0.25, 0.3) is 0 Å². The lowest BCUT2D eigenvalue weighted by Gasteiger charge is -2.44. The van der Waals surface area contributed by atoms with Crippen molar-refractivity contribution in [2.24, 2.45) is 0 Å². The van der Waals surface area contributed by atoms with E-state index < -0.39 is 11.0 Å². The zero-order valence-electron chi connectivity index (χ0n) is 14.7. The van der Waals surface area contributed by atoms with E-state index in [0.29, 0.717) is 6.54 Å². The third-order valence-corrected chi connectivity index (χ3v) is 6.54. The smallest absolute Gasteiger partial charge is 0.0896 e. The molecule has 1 aliphatic heterocycles. The summed E-state index contributed by atoms with van der Waals surface area (Å²) in [5.41, 5.74) is 2.50. The van der Waals surface area contributed by atoms with E-state index in [2.05, 4.69) is 5.32 Å². The first-order valence-electron chi connectivity index (χ1n) is 8.72. The topological polar surface area (TPSA) is 59.0 Å². The third-order valence-electron chi connectivity index (χ3n) is 4.68. The van der Waals surface area contributed by atoms with Crippen molar-refractivity contribution < 1.29 is 9.11 Å². The van der Waals surface area contributed by atoms with Crippen LogP contribution in [0.4, 0.5) is 17.1 Å². The summed E-state index contributed by atoms with van der Waals surface area (Å²) in [6, 6.07) is 21.7. The van der Waals surface area contributed by atoms with E-state index >= 15 is 0 Å². The second-order valence-corrected chi connectivity index (χ2v) is 8.12. The van der Waals surface area contributed by atoms with Gasteiger partial charge in [-0.25, -0.2) is 4.31 Å². The van der Waals surface area contributed by atoms with Gasteiger partial charge in [-0.2, -0.15) is 0 Å². The summed E-state index contributed by atoms with van der Waals surface area (Å²) >= 11 is 0. The molecule has 1 aliphatic rings. The molecule has 0 unspecified atom stereocenters. The van der Waals surface area contributed by atoms with E-state index in [-0.39, 0.29) is 0 Å². The standard InChI is InChI=1S/C20H23N3O2S/c1-21-14-7-15-22-19-11-4-5-12-20(19)23(26(22,24)25)18-13-6-9-16-8-2-3-10-17(16)18/h2-6,8-13,21,24-25H,7,14-15H2,1H3. The second kappa shape index (κ2) is 6.81. The fourth-order valence-corrected chi connectivity index (χ4v) is 5.33. The molecule has 0 atom stereocenters. The maximum Gasteiger partial charge on any atom is 0.0896 e. The van der Waals surface area contributed by atoms with Gasteiger partial charge in [0.2, 0.25) is 0 Å². The predicted octanol–water partition coefficient (Wildman–Crippen LogP) is 4.99. The fourth-order valence-electron chi connectivity index (χ4n) is 3.50. The van der Waals surface area contributed by atoms with Gasteiger partial charge in [0, 0.05) is 11.9 Å². The first-order chi connectivity index (χ1) is 12.6. The van der Waals surface area contributed by atoms with Crippen LogP contribution < -0.4 is 13.9 Å². The molecule has 5 nitrogen and oxygen atoms in total. The molecule has 0 aliphatic carbocycles. The molecule has 1 heterocycles. The fraction of sp³-hybridized carbons (Fsp3) is 0.200. The Kier molecular flexibility index (Phi) is 4.50. The Balaban J connectivity index is 1.85. The van der Waals surface area contributed by atoms with Crippen LogP contribution in [0.25, 0.3) is 10.8 Å². The van der Waals surface area contributed by atoms with Crippen LogP contribution in [-0.4, -0.2) is 29.2 Å². The molecule has 26 heavy (non-hydrogen) atoms. The monoisotopic (exact) mass is 369 g/mol. The highest BCUT2D eigenvalue weighted by atomic mass is 32.3. The molecule has 3 aromatic carbocycles. The Morgan fingerprint density at radius 3 is 2.31 bits per heavy atom. The number of para-hydroxylation sites is 2. The molecule has 0 bridgehead atoms. The highest BCUT2D eigenvalue weighted by Crippen LogP contribution is 2.64. The van der Waals surface area contributed by atoms with Crippen molar-refractivity contribution in [2.45, 2.75) is 6.42 Å². The molecular formula is C20H23N3O2S. The van der Waals surface area contributed by atoms with E-state index in [1.165, 1.54) is 0 Å². The predicted molar refractivity (Wildman–Crippen MR) is 111 cm³/mol. The Bertz CT molecular complexity index is 926. The van der Waals surface area contributed by atoms with Crippen molar-refractivity contribution in [2.75, 3.05) is 28.7 Å². The lowest BCUT2D eigenvalue weighted by molar-refractivity contribution is 0.483. The lowest BCUT2D eigenvalue weighted by atomic mass is 10.1. The molecule has 0 saturated carbocycles. The van der Waals surface area contributed by atoms with Gasteiger partial charge in [-0.05, 0) is 54.6 Å². The number of nitrogens with zero attached hydrogens (tertiary/aromatic N) is 2. The number of rotatable bonds is 5. The average Bonchev–Trinajstić information content (AvgIpc) is 2.88. The van der Waals surface area contributed by atoms with E-state index in [1.807, 2.05) is 73.8 Å². The number of anilines is 3. The van der Waals surface area contributed by atoms with Crippen LogP contribution in [0.3, 0.4) is 0 Å². The minimum atomic E-state index is -3.17. The number of hydrogen-bond acceptors (Lipinski definition) is 5. The Morgan fingerprint density at radius 1 is 0.846 bits per heavy atom. The van der Waals surface area contributed by atoms with E-state index in [9.17, 15) is 9.11 Å². The maximum atomic E-state index is 11.2. The number of hydrogen-bond donors (Lipinski definition) is 3. The molecule has 0 aromatic heterocycles. The van der Waals surface area contributed by atoms with Crippen LogP contribution in [0, 0.1) is 0 Å². The second-order valence-electron chi connectivity index (χ2n) is 6.33. The molecule has 0 saturated heterocycles. The van der Waals surface area contributed by atoms with Gasteiger partial charge in [0.05, 0.1) is 17.1 Å². The SMILES string of the molecule is CNCCCN1c2ccccc2N(c2cccc3ccccc23)S1(O)O. The summed E-state index contributed by atoms with van der Waals surface area (Å²) in [5.74, 6) is 0. The average molecular weight is 369 g/mol. The summed E-state index contributed by atoms with van der Waals surface area (Å²) < 4.78 is 25.9. The first kappa shape index (κ1) is 17.2. The number of nitrogens with one attached hydrogen (secondary N) is 1. The number of fused-ring (bicyclic) bond motifs is 2. The van der Waals surface area contributed by atoms with Gasteiger partial charge in [0.1, 0.15) is 0 Å². The van der Waals surface area contributed by atoms with Crippen LogP contribution in [0.15, 0.2) is 66.7 Å². The maximum absolute atomic E-state index is 11.2. The van der Waals surface area contributed by atoms with Crippen molar-refractivity contribution >= 4 is 38.8 Å². The summed E-state index contributed by atoms with van der Waals surface area (Å²) in [5, 5.41) is 5.19. The van der Waals surface area contributed by atoms with Gasteiger partial charge in [-0.15, -0.1) is 0 Å². The van der Waals surface area contributed by atoms with Crippen molar-refractivity contribution in [3.8, 4) is 0 Å². The van der Waals surface area contributed by atoms with Crippen molar-refractivity contribution in [1.29, 1.82) is 0 Å². The number of benzene rings is 3. The molecule has 0 fully saturated rings. The molecule has 0 amide bonds. The minimum Gasteiger partial charge on any atom is -0.320 e.